The topological polar surface area (TPSA) is 64.8 Å². The summed E-state index contributed by atoms with van der Waals surface area (Å²) in [5.41, 5.74) is 6.97. The standard InChI is InChI=1S/C23H32N2O3/c1-27-23(16-5-2-4-15(10-16)22(24)26)17-6-3-7-18(23)14-25(13-17)19-11-20-8-9-21(12-19)28-20/h2,4-5,10,17-21H,3,6-9,11-14H2,1H3,(H2,24,26)/t17-,18+,19?,20-,21+,23?. The van der Waals surface area contributed by atoms with Gasteiger partial charge in [0.25, 0.3) is 0 Å². The summed E-state index contributed by atoms with van der Waals surface area (Å²) in [7, 11) is 1.85. The van der Waals surface area contributed by atoms with Crippen molar-refractivity contribution < 1.29 is 14.3 Å². The average Bonchev–Trinajstić information content (AvgIpc) is 3.04. The fourth-order valence-corrected chi connectivity index (χ4v) is 6.73. The summed E-state index contributed by atoms with van der Waals surface area (Å²) in [6.45, 7) is 2.16. The zero-order valence-corrected chi connectivity index (χ0v) is 16.8. The maximum atomic E-state index is 11.8. The number of rotatable bonds is 4. The number of benzene rings is 1. The molecule has 0 spiro atoms. The van der Waals surface area contributed by atoms with Gasteiger partial charge in [0.1, 0.15) is 5.60 Å². The highest BCUT2D eigenvalue weighted by Crippen LogP contribution is 2.52. The van der Waals surface area contributed by atoms with Crippen LogP contribution < -0.4 is 5.73 Å². The highest BCUT2D eigenvalue weighted by molar-refractivity contribution is 5.92. The molecule has 2 unspecified atom stereocenters. The first-order valence-corrected chi connectivity index (χ1v) is 10.9. The summed E-state index contributed by atoms with van der Waals surface area (Å²) in [5, 5.41) is 0. The lowest BCUT2D eigenvalue weighted by Gasteiger charge is -2.57. The van der Waals surface area contributed by atoms with Crippen LogP contribution in [0, 0.1) is 11.8 Å². The molecule has 4 fully saturated rings. The number of hydrogen-bond donors (Lipinski definition) is 1. The van der Waals surface area contributed by atoms with Crippen LogP contribution in [0.3, 0.4) is 0 Å². The van der Waals surface area contributed by atoms with Gasteiger partial charge in [0.05, 0.1) is 12.2 Å². The van der Waals surface area contributed by atoms with E-state index in [9.17, 15) is 4.79 Å². The number of ether oxygens (including phenoxy) is 2. The van der Waals surface area contributed by atoms with Gasteiger partial charge in [-0.2, -0.15) is 0 Å². The van der Waals surface area contributed by atoms with E-state index >= 15 is 0 Å². The van der Waals surface area contributed by atoms with E-state index in [0.29, 0.717) is 35.6 Å². The zero-order valence-electron chi connectivity index (χ0n) is 16.8. The Morgan fingerprint density at radius 3 is 2.43 bits per heavy atom. The largest absolute Gasteiger partial charge is 0.375 e. The van der Waals surface area contributed by atoms with Crippen LogP contribution in [0.2, 0.25) is 0 Å². The van der Waals surface area contributed by atoms with Crippen LogP contribution in [0.1, 0.15) is 60.9 Å². The van der Waals surface area contributed by atoms with Crippen molar-refractivity contribution in [2.45, 2.75) is 68.8 Å². The SMILES string of the molecule is COC1(c2cccc(C(N)=O)c2)[C@@H]2CCC[C@H]1CN(C1C[C@H]3CC[C@@H](C1)O3)C2. The predicted molar refractivity (Wildman–Crippen MR) is 107 cm³/mol. The second kappa shape index (κ2) is 7.12. The van der Waals surface area contributed by atoms with E-state index in [1.165, 1.54) is 44.9 Å². The molecule has 1 saturated carbocycles. The molecule has 5 heteroatoms. The molecule has 28 heavy (non-hydrogen) atoms. The van der Waals surface area contributed by atoms with Crippen molar-refractivity contribution in [2.75, 3.05) is 20.2 Å². The van der Waals surface area contributed by atoms with Crippen LogP contribution in [-0.4, -0.2) is 49.3 Å². The van der Waals surface area contributed by atoms with Crippen molar-refractivity contribution in [1.82, 2.24) is 4.90 Å². The van der Waals surface area contributed by atoms with Crippen molar-refractivity contribution in [3.8, 4) is 0 Å². The third-order valence-corrected chi connectivity index (χ3v) is 7.95. The first-order chi connectivity index (χ1) is 13.6. The van der Waals surface area contributed by atoms with Crippen molar-refractivity contribution in [3.63, 3.8) is 0 Å². The zero-order chi connectivity index (χ0) is 19.3. The summed E-state index contributed by atoms with van der Waals surface area (Å²) < 4.78 is 12.4. The molecular formula is C23H32N2O3. The number of primary amides is 1. The minimum atomic E-state index is -0.367. The Morgan fingerprint density at radius 1 is 1.14 bits per heavy atom. The van der Waals surface area contributed by atoms with E-state index in [4.69, 9.17) is 15.2 Å². The molecule has 3 heterocycles. The molecule has 1 amide bonds. The normalized spacial score (nSPS) is 40.4. The van der Waals surface area contributed by atoms with Gasteiger partial charge in [-0.25, -0.2) is 0 Å². The second-order valence-electron chi connectivity index (χ2n) is 9.30. The highest BCUT2D eigenvalue weighted by atomic mass is 16.5. The monoisotopic (exact) mass is 384 g/mol. The Balaban J connectivity index is 1.44. The van der Waals surface area contributed by atoms with Crippen LogP contribution in [0.4, 0.5) is 0 Å². The molecule has 0 aromatic heterocycles. The van der Waals surface area contributed by atoms with E-state index in [1.807, 2.05) is 19.2 Å². The maximum absolute atomic E-state index is 11.8. The number of piperidine rings is 1. The number of nitrogens with two attached hydrogens (primary N) is 1. The van der Waals surface area contributed by atoms with Gasteiger partial charge in [-0.05, 0) is 56.2 Å². The van der Waals surface area contributed by atoms with Crippen LogP contribution >= 0.6 is 0 Å². The van der Waals surface area contributed by atoms with Gasteiger partial charge in [-0.3, -0.25) is 9.69 Å². The number of carbonyl (C=O) groups excluding carboxylic acids is 1. The lowest BCUT2D eigenvalue weighted by molar-refractivity contribution is -0.180. The molecular weight excluding hydrogens is 352 g/mol. The molecule has 1 aromatic carbocycles. The molecule has 4 aliphatic rings. The number of nitrogens with zero attached hydrogens (tertiary/aromatic N) is 1. The van der Waals surface area contributed by atoms with Crippen molar-refractivity contribution >= 4 is 5.91 Å². The van der Waals surface area contributed by atoms with Gasteiger partial charge >= 0.3 is 0 Å². The Kier molecular flexibility index (Phi) is 4.73. The Bertz CT molecular complexity index is 725. The average molecular weight is 385 g/mol. The highest BCUT2D eigenvalue weighted by Gasteiger charge is 2.54. The molecule has 1 aliphatic carbocycles. The molecule has 5 nitrogen and oxygen atoms in total. The quantitative estimate of drug-likeness (QED) is 0.866. The lowest BCUT2D eigenvalue weighted by Crippen LogP contribution is -2.61. The minimum absolute atomic E-state index is 0.301. The van der Waals surface area contributed by atoms with E-state index in [0.717, 1.165) is 18.7 Å². The van der Waals surface area contributed by atoms with Gasteiger partial charge < -0.3 is 15.2 Å². The molecule has 0 radical (unpaired) electrons. The number of hydrogen-bond acceptors (Lipinski definition) is 4. The summed E-state index contributed by atoms with van der Waals surface area (Å²) >= 11 is 0. The van der Waals surface area contributed by atoms with E-state index in [2.05, 4.69) is 11.0 Å². The first-order valence-electron chi connectivity index (χ1n) is 10.9. The Hall–Kier alpha value is -1.43. The molecule has 1 aromatic rings. The number of likely N-dealkylation sites (tertiary alicyclic amines) is 1. The summed E-state index contributed by atoms with van der Waals surface area (Å²) in [4.78, 5) is 14.5. The van der Waals surface area contributed by atoms with Gasteiger partial charge in [-0.15, -0.1) is 0 Å². The smallest absolute Gasteiger partial charge is 0.248 e. The van der Waals surface area contributed by atoms with Gasteiger partial charge in [0.15, 0.2) is 0 Å². The first kappa shape index (κ1) is 18.6. The van der Waals surface area contributed by atoms with Crippen LogP contribution in [-0.2, 0) is 15.1 Å². The minimum Gasteiger partial charge on any atom is -0.375 e. The molecule has 3 saturated heterocycles. The number of methoxy groups -OCH3 is 1. The Labute approximate surface area is 167 Å². The summed E-state index contributed by atoms with van der Waals surface area (Å²) in [5.74, 6) is 0.538. The third-order valence-electron chi connectivity index (χ3n) is 7.95. The van der Waals surface area contributed by atoms with Gasteiger partial charge in [0.2, 0.25) is 5.91 Å². The van der Waals surface area contributed by atoms with Crippen LogP contribution in [0.25, 0.3) is 0 Å². The van der Waals surface area contributed by atoms with Crippen molar-refractivity contribution in [3.05, 3.63) is 35.4 Å². The maximum Gasteiger partial charge on any atom is 0.248 e. The molecule has 3 aliphatic heterocycles. The lowest BCUT2D eigenvalue weighted by atomic mass is 9.62. The summed E-state index contributed by atoms with van der Waals surface area (Å²) in [6, 6.07) is 8.51. The van der Waals surface area contributed by atoms with Crippen LogP contribution in [0.15, 0.2) is 24.3 Å². The molecule has 6 atom stereocenters. The van der Waals surface area contributed by atoms with E-state index < -0.39 is 0 Å². The number of amides is 1. The van der Waals surface area contributed by atoms with E-state index in [-0.39, 0.29) is 11.5 Å². The molecule has 5 rings (SSSR count). The van der Waals surface area contributed by atoms with E-state index in [1.54, 1.807) is 6.07 Å². The fourth-order valence-electron chi connectivity index (χ4n) is 6.73. The molecule has 2 N–H and O–H groups in total. The van der Waals surface area contributed by atoms with Crippen molar-refractivity contribution in [1.29, 1.82) is 0 Å². The molecule has 152 valence electrons. The van der Waals surface area contributed by atoms with Gasteiger partial charge in [0, 0.05) is 43.6 Å². The summed E-state index contributed by atoms with van der Waals surface area (Å²) in [6.07, 6.45) is 9.43. The number of fused-ring (bicyclic) bond motifs is 4. The second-order valence-corrected chi connectivity index (χ2v) is 9.30. The predicted octanol–water partition coefficient (Wildman–Crippen LogP) is 3.07. The van der Waals surface area contributed by atoms with Crippen LogP contribution in [0.5, 0.6) is 0 Å². The Morgan fingerprint density at radius 2 is 1.82 bits per heavy atom. The third kappa shape index (κ3) is 2.90. The molecule has 4 bridgehead atoms. The van der Waals surface area contributed by atoms with Gasteiger partial charge in [-0.1, -0.05) is 18.6 Å². The fraction of sp³-hybridized carbons (Fsp3) is 0.696. The van der Waals surface area contributed by atoms with Crippen molar-refractivity contribution in [2.24, 2.45) is 17.6 Å². The number of carbonyl (C=O) groups is 1.